The van der Waals surface area contributed by atoms with Crippen molar-refractivity contribution >= 4 is 23.5 Å². The van der Waals surface area contributed by atoms with Crippen LogP contribution in [0.3, 0.4) is 0 Å². The highest BCUT2D eigenvalue weighted by Crippen LogP contribution is 2.26. The van der Waals surface area contributed by atoms with Crippen LogP contribution >= 0.6 is 0 Å². The van der Waals surface area contributed by atoms with Gasteiger partial charge in [-0.15, -0.1) is 0 Å². The predicted octanol–water partition coefficient (Wildman–Crippen LogP) is 3.21. The number of hydrogen-bond donors (Lipinski definition) is 2. The zero-order valence-electron chi connectivity index (χ0n) is 19.5. The largest absolute Gasteiger partial charge is 0.376 e. The molecule has 9 heteroatoms. The molecule has 0 bridgehead atoms. The van der Waals surface area contributed by atoms with E-state index >= 15 is 0 Å². The number of aromatic nitrogens is 1. The summed E-state index contributed by atoms with van der Waals surface area (Å²) in [6.07, 6.45) is 2.83. The van der Waals surface area contributed by atoms with Crippen molar-refractivity contribution in [3.63, 3.8) is 0 Å². The minimum atomic E-state index is -0.974. The summed E-state index contributed by atoms with van der Waals surface area (Å²) in [6.45, 7) is 4.45. The molecule has 2 atom stereocenters. The molecule has 34 heavy (non-hydrogen) atoms. The van der Waals surface area contributed by atoms with Crippen molar-refractivity contribution in [3.8, 4) is 0 Å². The van der Waals surface area contributed by atoms with Gasteiger partial charge in [-0.3, -0.25) is 14.4 Å². The van der Waals surface area contributed by atoms with Crippen molar-refractivity contribution < 1.29 is 23.5 Å². The van der Waals surface area contributed by atoms with E-state index in [2.05, 4.69) is 15.6 Å². The molecule has 1 aliphatic rings. The lowest BCUT2D eigenvalue weighted by molar-refractivity contribution is -0.143. The van der Waals surface area contributed by atoms with E-state index in [0.29, 0.717) is 18.0 Å². The third kappa shape index (κ3) is 7.34. The van der Waals surface area contributed by atoms with Crippen molar-refractivity contribution in [1.29, 1.82) is 0 Å². The second kappa shape index (κ2) is 12.2. The molecule has 1 aromatic carbocycles. The van der Waals surface area contributed by atoms with E-state index in [4.69, 9.17) is 4.74 Å². The Morgan fingerprint density at radius 3 is 2.53 bits per heavy atom. The Morgan fingerprint density at radius 2 is 1.91 bits per heavy atom. The Bertz CT molecular complexity index is 963. The molecular weight excluding hydrogens is 439 g/mol. The van der Waals surface area contributed by atoms with E-state index in [1.807, 2.05) is 13.8 Å². The number of halogens is 1. The van der Waals surface area contributed by atoms with Gasteiger partial charge in [0.15, 0.2) is 0 Å². The summed E-state index contributed by atoms with van der Waals surface area (Å²) in [5.74, 6) is -1.12. The molecule has 0 saturated carbocycles. The number of nitrogens with zero attached hydrogens (tertiary/aromatic N) is 2. The van der Waals surface area contributed by atoms with Crippen LogP contribution in [0.4, 0.5) is 10.2 Å². The minimum Gasteiger partial charge on any atom is -0.376 e. The summed E-state index contributed by atoms with van der Waals surface area (Å²) in [4.78, 5) is 44.5. The van der Waals surface area contributed by atoms with Gasteiger partial charge >= 0.3 is 0 Å². The summed E-state index contributed by atoms with van der Waals surface area (Å²) >= 11 is 0. The van der Waals surface area contributed by atoms with E-state index in [0.717, 1.165) is 12.8 Å². The van der Waals surface area contributed by atoms with Crippen molar-refractivity contribution in [3.05, 3.63) is 60.0 Å². The zero-order valence-corrected chi connectivity index (χ0v) is 19.5. The zero-order chi connectivity index (χ0) is 24.5. The maximum absolute atomic E-state index is 13.6. The van der Waals surface area contributed by atoms with Crippen LogP contribution in [-0.4, -0.2) is 52.9 Å². The second-order valence-corrected chi connectivity index (χ2v) is 8.56. The summed E-state index contributed by atoms with van der Waals surface area (Å²) in [7, 11) is 0. The number of carbonyl (C=O) groups is 3. The van der Waals surface area contributed by atoms with E-state index in [-0.39, 0.29) is 49.3 Å². The van der Waals surface area contributed by atoms with E-state index in [1.54, 1.807) is 24.4 Å². The third-order valence-electron chi connectivity index (χ3n) is 5.42. The molecule has 0 radical (unpaired) electrons. The Kier molecular flexibility index (Phi) is 9.09. The second-order valence-electron chi connectivity index (χ2n) is 8.56. The summed E-state index contributed by atoms with van der Waals surface area (Å²) < 4.78 is 19.3. The molecule has 1 saturated heterocycles. The van der Waals surface area contributed by atoms with Gasteiger partial charge in [-0.05, 0) is 56.5 Å². The molecule has 0 spiro atoms. The van der Waals surface area contributed by atoms with Crippen LogP contribution in [0.1, 0.15) is 51.1 Å². The first kappa shape index (κ1) is 25.3. The number of benzene rings is 1. The normalized spacial score (nSPS) is 16.2. The molecule has 182 valence electrons. The van der Waals surface area contributed by atoms with Gasteiger partial charge in [-0.2, -0.15) is 0 Å². The quantitative estimate of drug-likeness (QED) is 0.555. The lowest BCUT2D eigenvalue weighted by Crippen LogP contribution is -2.48. The number of nitrogens with one attached hydrogen (secondary N) is 2. The lowest BCUT2D eigenvalue weighted by atomic mass is 10.0. The lowest BCUT2D eigenvalue weighted by Gasteiger charge is -2.33. The van der Waals surface area contributed by atoms with Crippen LogP contribution in [0, 0.1) is 5.82 Å². The third-order valence-corrected chi connectivity index (χ3v) is 5.42. The molecular formula is C25H31FN4O4. The van der Waals surface area contributed by atoms with Gasteiger partial charge in [-0.1, -0.05) is 18.2 Å². The van der Waals surface area contributed by atoms with E-state index in [1.165, 1.54) is 29.2 Å². The fourth-order valence-electron chi connectivity index (χ4n) is 3.85. The van der Waals surface area contributed by atoms with Crippen LogP contribution < -0.4 is 10.6 Å². The van der Waals surface area contributed by atoms with E-state index < -0.39 is 11.9 Å². The number of anilines is 1. The summed E-state index contributed by atoms with van der Waals surface area (Å²) in [6, 6.07) is 9.55. The summed E-state index contributed by atoms with van der Waals surface area (Å²) in [5.41, 5.74) is 0.490. The predicted molar refractivity (Wildman–Crippen MR) is 125 cm³/mol. The van der Waals surface area contributed by atoms with Crippen molar-refractivity contribution in [2.24, 2.45) is 0 Å². The number of hydrogen-bond acceptors (Lipinski definition) is 5. The van der Waals surface area contributed by atoms with Crippen molar-refractivity contribution in [2.45, 2.75) is 57.7 Å². The maximum Gasteiger partial charge on any atom is 0.247 e. The number of rotatable bonds is 10. The van der Waals surface area contributed by atoms with Crippen LogP contribution in [0.5, 0.6) is 0 Å². The molecule has 8 nitrogen and oxygen atoms in total. The summed E-state index contributed by atoms with van der Waals surface area (Å²) in [5, 5.41) is 5.52. The van der Waals surface area contributed by atoms with Gasteiger partial charge in [0.25, 0.3) is 0 Å². The molecule has 0 unspecified atom stereocenters. The van der Waals surface area contributed by atoms with E-state index in [9.17, 15) is 18.8 Å². The van der Waals surface area contributed by atoms with Gasteiger partial charge in [0.05, 0.1) is 6.10 Å². The van der Waals surface area contributed by atoms with Gasteiger partial charge in [0.1, 0.15) is 17.7 Å². The van der Waals surface area contributed by atoms with Gasteiger partial charge in [0, 0.05) is 38.2 Å². The van der Waals surface area contributed by atoms with Gasteiger partial charge in [0.2, 0.25) is 17.7 Å². The molecule has 3 amide bonds. The smallest absolute Gasteiger partial charge is 0.247 e. The maximum atomic E-state index is 13.6. The number of amides is 3. The topological polar surface area (TPSA) is 101 Å². The van der Waals surface area contributed by atoms with Crippen molar-refractivity contribution in [1.82, 2.24) is 15.2 Å². The first-order valence-corrected chi connectivity index (χ1v) is 11.5. The molecule has 1 fully saturated rings. The molecule has 2 aromatic rings. The first-order chi connectivity index (χ1) is 16.3. The standard InChI is InChI=1S/C25H31FN4O4/c1-17(2)28-25(33)24(18-8-10-19(26)11-9-18)30(16-20-6-5-15-34-20)23(32)13-12-22(31)29-21-7-3-4-14-27-21/h3-4,7-11,14,17,20,24H,5-6,12-13,15-16H2,1-2H3,(H,28,33)(H,27,29,31)/t20-,24+/m1/s1. The van der Waals surface area contributed by atoms with Crippen LogP contribution in [0.15, 0.2) is 48.7 Å². The fraction of sp³-hybridized carbons (Fsp3) is 0.440. The highest BCUT2D eigenvalue weighted by Gasteiger charge is 2.34. The fourth-order valence-corrected chi connectivity index (χ4v) is 3.85. The Hall–Kier alpha value is -3.33. The SMILES string of the molecule is CC(C)NC(=O)[C@H](c1ccc(F)cc1)N(C[C@H]1CCCO1)C(=O)CCC(=O)Nc1ccccn1. The molecule has 3 rings (SSSR count). The highest BCUT2D eigenvalue weighted by molar-refractivity contribution is 5.94. The minimum absolute atomic E-state index is 0.0701. The van der Waals surface area contributed by atoms with Crippen LogP contribution in [0.2, 0.25) is 0 Å². The average Bonchev–Trinajstić information content (AvgIpc) is 3.32. The Balaban J connectivity index is 1.80. The van der Waals surface area contributed by atoms with Gasteiger partial charge in [-0.25, -0.2) is 9.37 Å². The number of carbonyl (C=O) groups excluding carboxylic acids is 3. The van der Waals surface area contributed by atoms with Crippen molar-refractivity contribution in [2.75, 3.05) is 18.5 Å². The Labute approximate surface area is 198 Å². The molecule has 1 aliphatic heterocycles. The first-order valence-electron chi connectivity index (χ1n) is 11.5. The number of ether oxygens (including phenoxy) is 1. The molecule has 1 aromatic heterocycles. The number of pyridine rings is 1. The molecule has 0 aliphatic carbocycles. The van der Waals surface area contributed by atoms with Gasteiger partial charge < -0.3 is 20.3 Å². The monoisotopic (exact) mass is 470 g/mol. The average molecular weight is 471 g/mol. The molecule has 2 N–H and O–H groups in total. The molecule has 2 heterocycles. The highest BCUT2D eigenvalue weighted by atomic mass is 19.1. The van der Waals surface area contributed by atoms with Crippen LogP contribution in [0.25, 0.3) is 0 Å². The van der Waals surface area contributed by atoms with Crippen LogP contribution in [-0.2, 0) is 19.1 Å². The Morgan fingerprint density at radius 1 is 1.15 bits per heavy atom.